The second kappa shape index (κ2) is 4.83. The van der Waals surface area contributed by atoms with Crippen LogP contribution in [0.4, 0.5) is 4.20 Å². The van der Waals surface area contributed by atoms with Gasteiger partial charge in [-0.15, -0.1) is 0 Å². The third kappa shape index (κ3) is 8.08. The van der Waals surface area contributed by atoms with E-state index in [9.17, 15) is 8.76 Å². The van der Waals surface area contributed by atoms with Crippen LogP contribution in [0.5, 0.6) is 0 Å². The van der Waals surface area contributed by atoms with Crippen molar-refractivity contribution in [1.29, 1.82) is 0 Å². The number of halogens is 1. The molecule has 0 bridgehead atoms. The van der Waals surface area contributed by atoms with Gasteiger partial charge in [-0.25, -0.2) is 0 Å². The average molecular weight is 170 g/mol. The minimum Gasteiger partial charge on any atom is -0.379 e. The molecule has 0 spiro atoms. The molecule has 0 amide bonds. The van der Waals surface area contributed by atoms with E-state index in [1.165, 1.54) is 0 Å². The van der Waals surface area contributed by atoms with Crippen LogP contribution in [0.25, 0.3) is 0 Å². The van der Waals surface area contributed by atoms with Gasteiger partial charge in [-0.1, -0.05) is 0 Å². The minimum absolute atomic E-state index is 0.0537. The summed E-state index contributed by atoms with van der Waals surface area (Å²) in [5.74, 6) is 0. The summed E-state index contributed by atoms with van der Waals surface area (Å²) in [5, 5.41) is 0. The highest BCUT2D eigenvalue weighted by Crippen LogP contribution is 2.43. The lowest BCUT2D eigenvalue weighted by molar-refractivity contribution is 0.108. The maximum Gasteiger partial charge on any atom is 0.364 e. The highest BCUT2D eigenvalue weighted by Gasteiger charge is 2.11. The summed E-state index contributed by atoms with van der Waals surface area (Å²) in [7, 11) is -3.79. The molecule has 0 radical (unpaired) electrons. The van der Waals surface area contributed by atoms with Gasteiger partial charge in [-0.05, 0) is 6.92 Å². The van der Waals surface area contributed by atoms with Crippen molar-refractivity contribution >= 4 is 7.68 Å². The molecule has 0 aromatic heterocycles. The highest BCUT2D eigenvalue weighted by atomic mass is 31.2. The summed E-state index contributed by atoms with van der Waals surface area (Å²) in [4.78, 5) is 0. The van der Waals surface area contributed by atoms with Gasteiger partial charge in [0.25, 0.3) is 0 Å². The van der Waals surface area contributed by atoms with Crippen LogP contribution in [0.3, 0.4) is 0 Å². The summed E-state index contributed by atoms with van der Waals surface area (Å²) >= 11 is 0. The van der Waals surface area contributed by atoms with Crippen molar-refractivity contribution in [3.05, 3.63) is 0 Å². The first-order valence-electron chi connectivity index (χ1n) is 3.05. The van der Waals surface area contributed by atoms with Crippen LogP contribution in [0.1, 0.15) is 6.92 Å². The Morgan fingerprint density at radius 2 is 2.10 bits per heavy atom. The molecular weight excluding hydrogens is 158 g/mol. The molecule has 0 aliphatic heterocycles. The molecule has 0 aromatic rings. The molecule has 1 unspecified atom stereocenters. The van der Waals surface area contributed by atoms with Gasteiger partial charge in [0, 0.05) is 13.3 Å². The summed E-state index contributed by atoms with van der Waals surface area (Å²) < 4.78 is 31.4. The number of hydrogen-bond acceptors (Lipinski definition) is 3. The molecule has 0 rings (SSSR count). The molecule has 0 saturated carbocycles. The van der Waals surface area contributed by atoms with Gasteiger partial charge in [-0.3, -0.25) is 4.57 Å². The largest absolute Gasteiger partial charge is 0.379 e. The average Bonchev–Trinajstić information content (AvgIpc) is 1.78. The fourth-order valence-electron chi connectivity index (χ4n) is 0.404. The normalized spacial score (nSPS) is 16.7. The fraction of sp³-hybridized carbons (Fsp3) is 1.00. The van der Waals surface area contributed by atoms with Crippen molar-refractivity contribution < 1.29 is 18.0 Å². The van der Waals surface area contributed by atoms with Crippen LogP contribution in [-0.4, -0.2) is 26.5 Å². The first-order chi connectivity index (χ1) is 4.56. The molecule has 5 heteroatoms. The van der Waals surface area contributed by atoms with Crippen LogP contribution >= 0.6 is 7.68 Å². The van der Waals surface area contributed by atoms with Gasteiger partial charge >= 0.3 is 7.68 Å². The summed E-state index contributed by atoms with van der Waals surface area (Å²) in [6, 6.07) is 0. The third-order valence-corrected chi connectivity index (χ3v) is 1.40. The van der Waals surface area contributed by atoms with Crippen LogP contribution in [0.15, 0.2) is 0 Å². The Balaban J connectivity index is 3.13. The van der Waals surface area contributed by atoms with Crippen molar-refractivity contribution in [1.82, 2.24) is 0 Å². The molecule has 0 aromatic carbocycles. The molecule has 10 heavy (non-hydrogen) atoms. The van der Waals surface area contributed by atoms with E-state index in [0.29, 0.717) is 6.61 Å². The molecule has 0 aliphatic carbocycles. The van der Waals surface area contributed by atoms with E-state index in [-0.39, 0.29) is 13.2 Å². The predicted octanol–water partition coefficient (Wildman–Crippen LogP) is 1.83. The molecule has 62 valence electrons. The molecule has 0 heterocycles. The number of hydrogen-bond donors (Lipinski definition) is 0. The molecule has 3 nitrogen and oxygen atoms in total. The number of rotatable bonds is 5. The van der Waals surface area contributed by atoms with E-state index >= 15 is 0 Å². The van der Waals surface area contributed by atoms with Crippen molar-refractivity contribution in [3.8, 4) is 0 Å². The quantitative estimate of drug-likeness (QED) is 0.466. The van der Waals surface area contributed by atoms with Crippen LogP contribution in [-0.2, 0) is 13.8 Å². The van der Waals surface area contributed by atoms with Crippen LogP contribution in [0, 0.1) is 0 Å². The third-order valence-electron chi connectivity index (χ3n) is 0.754. The minimum atomic E-state index is -3.79. The first kappa shape index (κ1) is 10.1. The Labute approximate surface area is 60.1 Å². The Morgan fingerprint density at radius 3 is 2.50 bits per heavy atom. The second-order valence-corrected chi connectivity index (χ2v) is 3.53. The molecular formula is C5H12FO3P. The number of ether oxygens (including phenoxy) is 1. The topological polar surface area (TPSA) is 35.5 Å². The van der Waals surface area contributed by atoms with Gasteiger partial charge in [0.1, 0.15) is 0 Å². The van der Waals surface area contributed by atoms with Crippen molar-refractivity contribution in [2.45, 2.75) is 6.92 Å². The van der Waals surface area contributed by atoms with Gasteiger partial charge < -0.3 is 9.26 Å². The van der Waals surface area contributed by atoms with E-state index in [1.54, 1.807) is 0 Å². The van der Waals surface area contributed by atoms with E-state index in [0.717, 1.165) is 6.66 Å². The summed E-state index contributed by atoms with van der Waals surface area (Å²) in [5.41, 5.74) is 0. The van der Waals surface area contributed by atoms with Gasteiger partial charge in [-0.2, -0.15) is 4.20 Å². The van der Waals surface area contributed by atoms with Crippen molar-refractivity contribution in [2.75, 3.05) is 26.5 Å². The Kier molecular flexibility index (Phi) is 4.87. The van der Waals surface area contributed by atoms with E-state index < -0.39 is 7.68 Å². The van der Waals surface area contributed by atoms with Gasteiger partial charge in [0.05, 0.1) is 13.2 Å². The lowest BCUT2D eigenvalue weighted by Gasteiger charge is -2.03. The fourth-order valence-corrected chi connectivity index (χ4v) is 0.804. The van der Waals surface area contributed by atoms with E-state index in [2.05, 4.69) is 4.52 Å². The zero-order valence-corrected chi connectivity index (χ0v) is 7.07. The lowest BCUT2D eigenvalue weighted by Crippen LogP contribution is -2.00. The van der Waals surface area contributed by atoms with Crippen LogP contribution in [0.2, 0.25) is 0 Å². The molecule has 1 atom stereocenters. The Hall–Kier alpha value is 0.0800. The smallest absolute Gasteiger partial charge is 0.364 e. The zero-order valence-electron chi connectivity index (χ0n) is 6.17. The van der Waals surface area contributed by atoms with Gasteiger partial charge in [0.2, 0.25) is 0 Å². The molecule has 0 fully saturated rings. The van der Waals surface area contributed by atoms with Gasteiger partial charge in [0.15, 0.2) is 0 Å². The SMILES string of the molecule is CCOCCOP(C)(=O)F. The summed E-state index contributed by atoms with van der Waals surface area (Å²) in [6.45, 7) is 3.65. The first-order valence-corrected chi connectivity index (χ1v) is 5.02. The maximum absolute atomic E-state index is 12.1. The molecule has 0 saturated heterocycles. The maximum atomic E-state index is 12.1. The monoisotopic (exact) mass is 170 g/mol. The van der Waals surface area contributed by atoms with Crippen molar-refractivity contribution in [2.24, 2.45) is 0 Å². The zero-order chi connectivity index (χ0) is 8.04. The van der Waals surface area contributed by atoms with Crippen molar-refractivity contribution in [3.63, 3.8) is 0 Å². The predicted molar refractivity (Wildman–Crippen MR) is 37.1 cm³/mol. The lowest BCUT2D eigenvalue weighted by atomic mass is 10.8. The molecule has 0 aliphatic rings. The highest BCUT2D eigenvalue weighted by molar-refractivity contribution is 7.52. The van der Waals surface area contributed by atoms with E-state index in [1.807, 2.05) is 6.92 Å². The molecule has 0 N–H and O–H groups in total. The Morgan fingerprint density at radius 1 is 1.50 bits per heavy atom. The second-order valence-electron chi connectivity index (χ2n) is 1.78. The van der Waals surface area contributed by atoms with E-state index in [4.69, 9.17) is 4.74 Å². The summed E-state index contributed by atoms with van der Waals surface area (Å²) in [6.07, 6.45) is 0. The standard InChI is InChI=1S/C5H12FO3P/c1-3-8-4-5-9-10(2,6)7/h3-5H2,1-2H3. The van der Waals surface area contributed by atoms with Crippen LogP contribution < -0.4 is 0 Å². The Bertz CT molecular complexity index is 122.